The van der Waals surface area contributed by atoms with Crippen molar-refractivity contribution in [3.05, 3.63) is 42.0 Å². The molecule has 0 unspecified atom stereocenters. The molecule has 3 N–H and O–H groups in total. The zero-order valence-electron chi connectivity index (χ0n) is 12.0. The van der Waals surface area contributed by atoms with E-state index in [1.54, 1.807) is 24.3 Å². The topological polar surface area (TPSA) is 95.5 Å². The number of carbonyl (C=O) groups is 3. The van der Waals surface area contributed by atoms with Crippen LogP contribution >= 0.6 is 0 Å². The molecule has 6 heteroatoms. The summed E-state index contributed by atoms with van der Waals surface area (Å²) in [6.07, 6.45) is 5.39. The van der Waals surface area contributed by atoms with Crippen molar-refractivity contribution in [2.24, 2.45) is 5.92 Å². The second kappa shape index (κ2) is 7.40. The van der Waals surface area contributed by atoms with Gasteiger partial charge in [0.05, 0.1) is 6.42 Å². The number of nitrogens with one attached hydrogen (secondary N) is 2. The van der Waals surface area contributed by atoms with Gasteiger partial charge in [0.1, 0.15) is 0 Å². The molecule has 6 nitrogen and oxygen atoms in total. The van der Waals surface area contributed by atoms with Gasteiger partial charge in [-0.2, -0.15) is 0 Å². The molecule has 2 amide bonds. The summed E-state index contributed by atoms with van der Waals surface area (Å²) in [5.74, 6) is -1.33. The van der Waals surface area contributed by atoms with Gasteiger partial charge >= 0.3 is 5.97 Å². The summed E-state index contributed by atoms with van der Waals surface area (Å²) >= 11 is 0. The summed E-state index contributed by atoms with van der Waals surface area (Å²) in [6, 6.07) is 6.51. The van der Waals surface area contributed by atoms with Crippen LogP contribution in [0.4, 0.5) is 5.69 Å². The number of carboxylic acid groups (broad SMARTS) is 1. The van der Waals surface area contributed by atoms with Gasteiger partial charge in [-0.15, -0.1) is 0 Å². The Labute approximate surface area is 128 Å². The largest absolute Gasteiger partial charge is 0.481 e. The zero-order chi connectivity index (χ0) is 15.9. The Kier molecular flexibility index (Phi) is 5.30. The van der Waals surface area contributed by atoms with E-state index in [9.17, 15) is 14.4 Å². The van der Waals surface area contributed by atoms with Gasteiger partial charge in [0.25, 0.3) is 5.91 Å². The first-order valence-corrected chi connectivity index (χ1v) is 7.12. The highest BCUT2D eigenvalue weighted by Crippen LogP contribution is 2.20. The lowest BCUT2D eigenvalue weighted by Gasteiger charge is -2.11. The Morgan fingerprint density at radius 3 is 2.32 bits per heavy atom. The van der Waals surface area contributed by atoms with Crippen LogP contribution in [0.15, 0.2) is 36.4 Å². The first kappa shape index (κ1) is 15.8. The third-order valence-electron chi connectivity index (χ3n) is 3.42. The summed E-state index contributed by atoms with van der Waals surface area (Å²) in [6.45, 7) is 0.0847. The van der Waals surface area contributed by atoms with Crippen molar-refractivity contribution in [2.75, 3.05) is 11.9 Å². The zero-order valence-corrected chi connectivity index (χ0v) is 12.0. The van der Waals surface area contributed by atoms with E-state index in [4.69, 9.17) is 5.11 Å². The highest BCUT2D eigenvalue weighted by atomic mass is 16.4. The molecule has 0 spiro atoms. The molecule has 0 aliphatic heterocycles. The number of carbonyl (C=O) groups excluding carboxylic acids is 2. The standard InChI is InChI=1S/C16H18N2O4/c19-14(20)9-10-17-15(21)12-5-7-13(8-6-12)18-16(22)11-3-1-2-4-11/h1-2,5-8,11H,3-4,9-10H2,(H,17,21)(H,18,22)(H,19,20). The molecule has 1 aliphatic carbocycles. The van der Waals surface area contributed by atoms with E-state index in [0.717, 1.165) is 12.8 Å². The van der Waals surface area contributed by atoms with Gasteiger partial charge in [-0.25, -0.2) is 0 Å². The average Bonchev–Trinajstić information content (AvgIpc) is 3.02. The maximum Gasteiger partial charge on any atom is 0.305 e. The summed E-state index contributed by atoms with van der Waals surface area (Å²) in [5, 5.41) is 13.9. The average molecular weight is 302 g/mol. The first-order chi connectivity index (χ1) is 10.6. The molecule has 0 radical (unpaired) electrons. The molecule has 0 saturated carbocycles. The number of hydrogen-bond acceptors (Lipinski definition) is 3. The summed E-state index contributed by atoms with van der Waals surface area (Å²) in [4.78, 5) is 34.1. The monoisotopic (exact) mass is 302 g/mol. The molecule has 0 aromatic heterocycles. The van der Waals surface area contributed by atoms with Crippen LogP contribution < -0.4 is 10.6 Å². The van der Waals surface area contributed by atoms with Gasteiger partial charge in [-0.05, 0) is 37.1 Å². The predicted octanol–water partition coefficient (Wildman–Crippen LogP) is 1.80. The van der Waals surface area contributed by atoms with Crippen molar-refractivity contribution in [1.82, 2.24) is 5.32 Å². The van der Waals surface area contributed by atoms with E-state index in [2.05, 4.69) is 10.6 Å². The van der Waals surface area contributed by atoms with Crippen LogP contribution in [0.25, 0.3) is 0 Å². The van der Waals surface area contributed by atoms with Crippen LogP contribution in [-0.2, 0) is 9.59 Å². The molecular formula is C16H18N2O4. The van der Waals surface area contributed by atoms with E-state index >= 15 is 0 Å². The normalized spacial score (nSPS) is 13.8. The number of benzene rings is 1. The van der Waals surface area contributed by atoms with E-state index < -0.39 is 5.97 Å². The van der Waals surface area contributed by atoms with Crippen LogP contribution in [0.1, 0.15) is 29.6 Å². The summed E-state index contributed by atoms with van der Waals surface area (Å²) in [5.41, 5.74) is 1.06. The lowest BCUT2D eigenvalue weighted by Crippen LogP contribution is -2.26. The van der Waals surface area contributed by atoms with E-state index in [1.165, 1.54) is 0 Å². The van der Waals surface area contributed by atoms with Crippen molar-refractivity contribution in [3.63, 3.8) is 0 Å². The van der Waals surface area contributed by atoms with Crippen LogP contribution in [0.2, 0.25) is 0 Å². The molecule has 0 fully saturated rings. The quantitative estimate of drug-likeness (QED) is 0.698. The Balaban J connectivity index is 1.85. The minimum atomic E-state index is -0.959. The number of allylic oxidation sites excluding steroid dienone is 2. The van der Waals surface area contributed by atoms with Crippen molar-refractivity contribution in [2.45, 2.75) is 19.3 Å². The second-order valence-corrected chi connectivity index (χ2v) is 5.11. The number of anilines is 1. The van der Waals surface area contributed by atoms with Gasteiger partial charge in [0, 0.05) is 23.7 Å². The lowest BCUT2D eigenvalue weighted by molar-refractivity contribution is -0.136. The van der Waals surface area contributed by atoms with Gasteiger partial charge in [0.15, 0.2) is 0 Å². The van der Waals surface area contributed by atoms with Gasteiger partial charge in [-0.3, -0.25) is 14.4 Å². The molecule has 0 saturated heterocycles. The molecule has 1 aromatic carbocycles. The Hall–Kier alpha value is -2.63. The lowest BCUT2D eigenvalue weighted by atomic mass is 10.1. The molecule has 1 aliphatic rings. The maximum absolute atomic E-state index is 12.0. The Morgan fingerprint density at radius 2 is 1.73 bits per heavy atom. The summed E-state index contributed by atoms with van der Waals surface area (Å²) in [7, 11) is 0. The fraction of sp³-hybridized carbons (Fsp3) is 0.312. The van der Waals surface area contributed by atoms with E-state index in [0.29, 0.717) is 11.3 Å². The molecule has 0 bridgehead atoms. The van der Waals surface area contributed by atoms with Gasteiger partial charge < -0.3 is 15.7 Å². The number of rotatable bonds is 6. The molecule has 0 atom stereocenters. The molecule has 2 rings (SSSR count). The molecule has 22 heavy (non-hydrogen) atoms. The number of hydrogen-bond donors (Lipinski definition) is 3. The molecular weight excluding hydrogens is 284 g/mol. The van der Waals surface area contributed by atoms with Gasteiger partial charge in [0.2, 0.25) is 5.91 Å². The highest BCUT2D eigenvalue weighted by molar-refractivity contribution is 5.96. The Morgan fingerprint density at radius 1 is 1.09 bits per heavy atom. The Bertz CT molecular complexity index is 585. The summed E-state index contributed by atoms with van der Waals surface area (Å²) < 4.78 is 0. The minimum Gasteiger partial charge on any atom is -0.481 e. The van der Waals surface area contributed by atoms with E-state index in [-0.39, 0.29) is 30.7 Å². The van der Waals surface area contributed by atoms with Crippen molar-refractivity contribution < 1.29 is 19.5 Å². The van der Waals surface area contributed by atoms with Crippen molar-refractivity contribution in [1.29, 1.82) is 0 Å². The van der Waals surface area contributed by atoms with Gasteiger partial charge in [-0.1, -0.05) is 12.2 Å². The fourth-order valence-corrected chi connectivity index (χ4v) is 2.17. The van der Waals surface area contributed by atoms with Crippen molar-refractivity contribution >= 4 is 23.5 Å². The van der Waals surface area contributed by atoms with Crippen LogP contribution in [0.3, 0.4) is 0 Å². The SMILES string of the molecule is O=C(O)CCNC(=O)c1ccc(NC(=O)C2CC=CC2)cc1. The van der Waals surface area contributed by atoms with Crippen LogP contribution in [0.5, 0.6) is 0 Å². The molecule has 0 heterocycles. The van der Waals surface area contributed by atoms with Crippen LogP contribution in [-0.4, -0.2) is 29.4 Å². The van der Waals surface area contributed by atoms with Crippen LogP contribution in [0, 0.1) is 5.92 Å². The maximum atomic E-state index is 12.0. The smallest absolute Gasteiger partial charge is 0.305 e. The van der Waals surface area contributed by atoms with Crippen molar-refractivity contribution in [3.8, 4) is 0 Å². The fourth-order valence-electron chi connectivity index (χ4n) is 2.17. The molecule has 1 aromatic rings. The second-order valence-electron chi connectivity index (χ2n) is 5.11. The third-order valence-corrected chi connectivity index (χ3v) is 3.42. The number of carboxylic acids is 1. The predicted molar refractivity (Wildman–Crippen MR) is 81.5 cm³/mol. The minimum absolute atomic E-state index is 0.0148. The molecule has 116 valence electrons. The number of amides is 2. The third kappa shape index (κ3) is 4.44. The van der Waals surface area contributed by atoms with E-state index in [1.807, 2.05) is 12.2 Å². The first-order valence-electron chi connectivity index (χ1n) is 7.12. The highest BCUT2D eigenvalue weighted by Gasteiger charge is 2.19. The number of aliphatic carboxylic acids is 1.